The molecular weight excluding hydrogens is 482 g/mol. The van der Waals surface area contributed by atoms with Crippen LogP contribution >= 0.6 is 0 Å². The molecule has 0 heterocycles. The molecule has 10 heteroatoms. The maximum absolute atomic E-state index is 12.7. The van der Waals surface area contributed by atoms with E-state index in [1.54, 1.807) is 0 Å². The first kappa shape index (κ1) is 34.0. The molecule has 10 nitrogen and oxygen atoms in total. The van der Waals surface area contributed by atoms with Crippen LogP contribution in [0.3, 0.4) is 0 Å². The molecule has 0 aliphatic carbocycles. The second-order valence-corrected chi connectivity index (χ2v) is 8.94. The van der Waals surface area contributed by atoms with Crippen molar-refractivity contribution in [2.45, 2.75) is 65.7 Å². The molecule has 0 aromatic heterocycles. The molecule has 0 spiro atoms. The van der Waals surface area contributed by atoms with Crippen LogP contribution in [0.2, 0.25) is 0 Å². The van der Waals surface area contributed by atoms with Crippen LogP contribution in [0.15, 0.2) is 30.3 Å². The summed E-state index contributed by atoms with van der Waals surface area (Å²) in [7, 11) is 0. The minimum atomic E-state index is -1.74. The highest BCUT2D eigenvalue weighted by Crippen LogP contribution is 2.33. The van der Waals surface area contributed by atoms with Crippen LogP contribution < -0.4 is 0 Å². The first-order valence-corrected chi connectivity index (χ1v) is 12.6. The third-order valence-electron chi connectivity index (χ3n) is 6.43. The average molecular weight is 526 g/mol. The number of esters is 1. The Labute approximate surface area is 219 Å². The number of benzene rings is 1. The molecule has 1 rings (SSSR count). The quantitative estimate of drug-likeness (QED) is 0.203. The highest BCUT2D eigenvalue weighted by atomic mass is 16.6. The van der Waals surface area contributed by atoms with Gasteiger partial charge in [0.1, 0.15) is 6.61 Å². The zero-order valence-corrected chi connectivity index (χ0v) is 22.7. The van der Waals surface area contributed by atoms with Crippen molar-refractivity contribution in [2.75, 3.05) is 39.5 Å². The Morgan fingerprint density at radius 2 is 1.32 bits per heavy atom. The number of ether oxygens (including phenoxy) is 2. The first-order valence-electron chi connectivity index (χ1n) is 12.6. The van der Waals surface area contributed by atoms with Crippen LogP contribution in [0.5, 0.6) is 0 Å². The number of hydrogen-bond acceptors (Lipinski definition) is 7. The fourth-order valence-electron chi connectivity index (χ4n) is 3.87. The van der Waals surface area contributed by atoms with Gasteiger partial charge < -0.3 is 29.7 Å². The van der Waals surface area contributed by atoms with Crippen LogP contribution in [0.25, 0.3) is 0 Å². The van der Waals surface area contributed by atoms with E-state index < -0.39 is 41.6 Å². The van der Waals surface area contributed by atoms with Gasteiger partial charge in [-0.25, -0.2) is 0 Å². The third-order valence-corrected chi connectivity index (χ3v) is 6.43. The molecule has 0 aliphatic rings. The van der Waals surface area contributed by atoms with E-state index in [0.717, 1.165) is 45.0 Å². The van der Waals surface area contributed by atoms with E-state index in [2.05, 4.69) is 18.7 Å². The fourth-order valence-corrected chi connectivity index (χ4v) is 3.87. The van der Waals surface area contributed by atoms with Crippen molar-refractivity contribution < 1.29 is 44.0 Å². The van der Waals surface area contributed by atoms with E-state index in [0.29, 0.717) is 19.8 Å². The Kier molecular flexibility index (Phi) is 16.1. The van der Waals surface area contributed by atoms with Crippen molar-refractivity contribution in [3.63, 3.8) is 0 Å². The van der Waals surface area contributed by atoms with Crippen LogP contribution in [0, 0.1) is 5.41 Å². The van der Waals surface area contributed by atoms with Gasteiger partial charge >= 0.3 is 23.9 Å². The smallest absolute Gasteiger partial charge is 0.316 e. The van der Waals surface area contributed by atoms with Gasteiger partial charge in [-0.3, -0.25) is 19.2 Å². The fraction of sp³-hybridized carbons (Fsp3) is 0.630. The van der Waals surface area contributed by atoms with Crippen molar-refractivity contribution >= 4 is 23.9 Å². The summed E-state index contributed by atoms with van der Waals surface area (Å²) in [6.45, 7) is 13.9. The molecule has 0 saturated heterocycles. The lowest BCUT2D eigenvalue weighted by Crippen LogP contribution is -2.37. The number of carboxylic acids is 3. The normalized spacial score (nSPS) is 11.4. The van der Waals surface area contributed by atoms with Crippen molar-refractivity contribution in [1.82, 2.24) is 4.90 Å². The molecule has 1 aromatic rings. The Hall–Kier alpha value is -2.98. The van der Waals surface area contributed by atoms with Gasteiger partial charge in [-0.05, 0) is 38.4 Å². The molecule has 210 valence electrons. The van der Waals surface area contributed by atoms with Crippen LogP contribution in [0.4, 0.5) is 0 Å². The third kappa shape index (κ3) is 11.7. The summed E-state index contributed by atoms with van der Waals surface area (Å²) in [5, 5.41) is 25.3. The first-order chi connectivity index (χ1) is 17.4. The van der Waals surface area contributed by atoms with Gasteiger partial charge in [0, 0.05) is 6.54 Å². The van der Waals surface area contributed by atoms with E-state index in [9.17, 15) is 19.2 Å². The van der Waals surface area contributed by atoms with Crippen molar-refractivity contribution in [1.29, 1.82) is 0 Å². The lowest BCUT2D eigenvalue weighted by atomic mass is 9.76. The molecular formula is C27H43NO9. The van der Waals surface area contributed by atoms with Gasteiger partial charge in [-0.2, -0.15) is 0 Å². The number of rotatable bonds is 17. The maximum atomic E-state index is 12.7. The zero-order chi connectivity index (χ0) is 28.5. The van der Waals surface area contributed by atoms with Crippen LogP contribution in [0.1, 0.15) is 65.9 Å². The highest BCUT2D eigenvalue weighted by Gasteiger charge is 2.39. The highest BCUT2D eigenvalue weighted by molar-refractivity contribution is 5.85. The summed E-state index contributed by atoms with van der Waals surface area (Å²) >= 11 is 0. The van der Waals surface area contributed by atoms with Crippen molar-refractivity contribution in [3.05, 3.63) is 35.9 Å². The summed E-state index contributed by atoms with van der Waals surface area (Å²) in [4.78, 5) is 46.0. The zero-order valence-electron chi connectivity index (χ0n) is 22.7. The average Bonchev–Trinajstić information content (AvgIpc) is 2.85. The standard InChI is InChI=1S/C20H33NO3.C7H10O6/c1-5-20(6-2,18-12-10-9-11-13-18)19(22)24-17-16-23-15-14-21(7-3)8-4;1-7(6(12)13,2-4(8)9)3-5(10)11/h9-13H,5-8,14-17H2,1-4H3;2-3H2,1H3,(H,8,9)(H,10,11)(H,12,13). The number of hydrogen-bond donors (Lipinski definition) is 3. The number of carbonyl (C=O) groups is 4. The van der Waals surface area contributed by atoms with Gasteiger partial charge in [0.05, 0.1) is 36.9 Å². The van der Waals surface area contributed by atoms with Gasteiger partial charge in [0.2, 0.25) is 0 Å². The monoisotopic (exact) mass is 525 g/mol. The van der Waals surface area contributed by atoms with Crippen LogP contribution in [-0.2, 0) is 34.1 Å². The summed E-state index contributed by atoms with van der Waals surface area (Å²) < 4.78 is 11.1. The summed E-state index contributed by atoms with van der Waals surface area (Å²) in [5.41, 5.74) is -1.26. The number of aliphatic carboxylic acids is 3. The molecule has 0 amide bonds. The molecule has 0 aliphatic heterocycles. The molecule has 0 unspecified atom stereocenters. The van der Waals surface area contributed by atoms with E-state index in [1.165, 1.54) is 0 Å². The van der Waals surface area contributed by atoms with Crippen molar-refractivity contribution in [3.8, 4) is 0 Å². The minimum absolute atomic E-state index is 0.147. The van der Waals surface area contributed by atoms with Gasteiger partial charge in [0.25, 0.3) is 0 Å². The maximum Gasteiger partial charge on any atom is 0.316 e. The molecule has 0 fully saturated rings. The molecule has 0 bridgehead atoms. The second-order valence-electron chi connectivity index (χ2n) is 8.94. The number of nitrogens with zero attached hydrogens (tertiary/aromatic N) is 1. The molecule has 37 heavy (non-hydrogen) atoms. The summed E-state index contributed by atoms with van der Waals surface area (Å²) in [6, 6.07) is 9.93. The molecule has 1 aromatic carbocycles. The van der Waals surface area contributed by atoms with E-state index in [4.69, 9.17) is 24.8 Å². The summed E-state index contributed by atoms with van der Waals surface area (Å²) in [6.07, 6.45) is 0.0631. The Morgan fingerprint density at radius 1 is 0.811 bits per heavy atom. The second kappa shape index (κ2) is 17.5. The number of carbonyl (C=O) groups excluding carboxylic acids is 1. The predicted octanol–water partition coefficient (Wildman–Crippen LogP) is 3.67. The Morgan fingerprint density at radius 3 is 1.73 bits per heavy atom. The Bertz CT molecular complexity index is 818. The van der Waals surface area contributed by atoms with E-state index >= 15 is 0 Å². The van der Waals surface area contributed by atoms with Gasteiger partial charge in [0.15, 0.2) is 0 Å². The Balaban J connectivity index is 0.000000845. The van der Waals surface area contributed by atoms with Crippen molar-refractivity contribution in [2.24, 2.45) is 5.41 Å². The molecule has 0 radical (unpaired) electrons. The predicted molar refractivity (Wildman–Crippen MR) is 139 cm³/mol. The van der Waals surface area contributed by atoms with E-state index in [1.807, 2.05) is 44.2 Å². The SMILES string of the molecule is CC(CC(=O)O)(CC(=O)O)C(=O)O.CCN(CC)CCOCCOC(=O)C(CC)(CC)c1ccccc1. The van der Waals surface area contributed by atoms with E-state index in [-0.39, 0.29) is 5.97 Å². The summed E-state index contributed by atoms with van der Waals surface area (Å²) in [5.74, 6) is -4.22. The lowest BCUT2D eigenvalue weighted by molar-refractivity contribution is -0.159. The molecule has 3 N–H and O–H groups in total. The minimum Gasteiger partial charge on any atom is -0.481 e. The molecule has 0 saturated carbocycles. The topological polar surface area (TPSA) is 151 Å². The lowest BCUT2D eigenvalue weighted by Gasteiger charge is -2.29. The number of likely N-dealkylation sites (N-methyl/N-ethyl adjacent to an activating group) is 1. The van der Waals surface area contributed by atoms with Gasteiger partial charge in [-0.15, -0.1) is 0 Å². The number of carboxylic acid groups (broad SMARTS) is 3. The largest absolute Gasteiger partial charge is 0.481 e. The van der Waals surface area contributed by atoms with Gasteiger partial charge in [-0.1, -0.05) is 58.0 Å². The van der Waals surface area contributed by atoms with Crippen LogP contribution in [-0.4, -0.2) is 83.6 Å². The molecule has 0 atom stereocenters.